The Kier molecular flexibility index (Phi) is 8.04. The molecule has 0 aromatic heterocycles. The number of thiocarbonyl (C=S) groups is 1. The zero-order valence-electron chi connectivity index (χ0n) is 15.5. The number of hydrogen-bond acceptors (Lipinski definition) is 4. The van der Waals surface area contributed by atoms with E-state index in [-0.39, 0.29) is 0 Å². The highest BCUT2D eigenvalue weighted by atomic mass is 32.2. The molecule has 0 aliphatic carbocycles. The zero-order valence-corrected chi connectivity index (χ0v) is 17.9. The maximum absolute atomic E-state index is 5.72. The molecule has 0 saturated carbocycles. The van der Waals surface area contributed by atoms with E-state index in [0.717, 1.165) is 39.6 Å². The van der Waals surface area contributed by atoms with E-state index in [1.807, 2.05) is 17.8 Å². The lowest BCUT2D eigenvalue weighted by Gasteiger charge is -2.42. The van der Waals surface area contributed by atoms with Crippen LogP contribution in [0, 0.1) is 5.41 Å². The van der Waals surface area contributed by atoms with Crippen LogP contribution < -0.4 is 0 Å². The number of nitrogens with zero attached hydrogens (tertiary/aromatic N) is 2. The van der Waals surface area contributed by atoms with Crippen LogP contribution in [0.5, 0.6) is 0 Å². The summed E-state index contributed by atoms with van der Waals surface area (Å²) in [6.07, 6.45) is 5.29. The van der Waals surface area contributed by atoms with E-state index in [0.29, 0.717) is 5.41 Å². The highest BCUT2D eigenvalue weighted by Crippen LogP contribution is 2.39. The van der Waals surface area contributed by atoms with E-state index in [2.05, 4.69) is 56.5 Å². The van der Waals surface area contributed by atoms with E-state index < -0.39 is 0 Å². The molecular formula is C20H28N2S3. The number of amidine groups is 1. The molecule has 0 N–H and O–H groups in total. The molecule has 1 fully saturated rings. The molecule has 1 saturated heterocycles. The summed E-state index contributed by atoms with van der Waals surface area (Å²) >= 11 is 9.23. The number of rotatable bonds is 6. The highest BCUT2D eigenvalue weighted by molar-refractivity contribution is 8.23. The average Bonchev–Trinajstić information content (AvgIpc) is 2.67. The Morgan fingerprint density at radius 1 is 1.32 bits per heavy atom. The second kappa shape index (κ2) is 9.79. The van der Waals surface area contributed by atoms with Gasteiger partial charge in [0, 0.05) is 18.1 Å². The van der Waals surface area contributed by atoms with Crippen molar-refractivity contribution in [3.8, 4) is 0 Å². The first-order chi connectivity index (χ1) is 12.1. The average molecular weight is 393 g/mol. The van der Waals surface area contributed by atoms with Crippen molar-refractivity contribution in [2.45, 2.75) is 40.0 Å². The van der Waals surface area contributed by atoms with E-state index in [1.54, 1.807) is 11.8 Å². The minimum atomic E-state index is 0.314. The summed E-state index contributed by atoms with van der Waals surface area (Å²) in [5, 5.41) is 1.03. The first-order valence-corrected chi connectivity index (χ1v) is 11.3. The van der Waals surface area contributed by atoms with Gasteiger partial charge in [0.2, 0.25) is 0 Å². The molecule has 0 atom stereocenters. The van der Waals surface area contributed by atoms with Crippen LogP contribution >= 0.6 is 35.7 Å². The molecule has 0 radical (unpaired) electrons. The number of thioether (sulfide) groups is 2. The van der Waals surface area contributed by atoms with E-state index in [1.165, 1.54) is 18.4 Å². The van der Waals surface area contributed by atoms with Gasteiger partial charge in [0.05, 0.1) is 5.69 Å². The van der Waals surface area contributed by atoms with Gasteiger partial charge in [-0.3, -0.25) is 0 Å². The second-order valence-electron chi connectivity index (χ2n) is 6.36. The summed E-state index contributed by atoms with van der Waals surface area (Å²) < 4.78 is 0.905. The van der Waals surface area contributed by atoms with Crippen molar-refractivity contribution in [2.75, 3.05) is 18.1 Å². The fourth-order valence-corrected chi connectivity index (χ4v) is 5.24. The minimum absolute atomic E-state index is 0.314. The molecule has 1 aliphatic heterocycles. The van der Waals surface area contributed by atoms with Gasteiger partial charge in [0.15, 0.2) is 5.17 Å². The monoisotopic (exact) mass is 392 g/mol. The standard InChI is InChI=1S/C20H28N2S3/c1-5-13-24-19(23)22-14-20(7-3,8-4)15-25-18(22)21-17-11-9-16(6-2)10-12-17/h5,9-12H,1,6-8,13-15H2,2-4H3. The Morgan fingerprint density at radius 2 is 2.00 bits per heavy atom. The van der Waals surface area contributed by atoms with Gasteiger partial charge in [-0.15, -0.1) is 6.58 Å². The first kappa shape index (κ1) is 20.5. The van der Waals surface area contributed by atoms with Crippen LogP contribution in [0.25, 0.3) is 0 Å². The van der Waals surface area contributed by atoms with Crippen molar-refractivity contribution in [1.82, 2.24) is 4.90 Å². The van der Waals surface area contributed by atoms with E-state index in [9.17, 15) is 0 Å². The molecule has 2 nitrogen and oxygen atoms in total. The van der Waals surface area contributed by atoms with Crippen LogP contribution in [0.1, 0.15) is 39.2 Å². The summed E-state index contributed by atoms with van der Waals surface area (Å²) in [5.41, 5.74) is 2.65. The van der Waals surface area contributed by atoms with Crippen LogP contribution in [-0.2, 0) is 6.42 Å². The first-order valence-electron chi connectivity index (χ1n) is 8.93. The maximum Gasteiger partial charge on any atom is 0.169 e. The van der Waals surface area contributed by atoms with Gasteiger partial charge in [0.1, 0.15) is 4.32 Å². The van der Waals surface area contributed by atoms with Gasteiger partial charge in [-0.25, -0.2) is 4.99 Å². The second-order valence-corrected chi connectivity index (χ2v) is 8.96. The lowest BCUT2D eigenvalue weighted by Crippen LogP contribution is -2.47. The molecule has 136 valence electrons. The van der Waals surface area contributed by atoms with Crippen molar-refractivity contribution in [3.05, 3.63) is 42.5 Å². The van der Waals surface area contributed by atoms with Crippen molar-refractivity contribution in [3.63, 3.8) is 0 Å². The molecule has 1 aliphatic rings. The topological polar surface area (TPSA) is 15.6 Å². The summed E-state index contributed by atoms with van der Waals surface area (Å²) in [5.74, 6) is 1.95. The Labute approximate surface area is 166 Å². The van der Waals surface area contributed by atoms with Crippen molar-refractivity contribution in [2.24, 2.45) is 10.4 Å². The molecule has 0 unspecified atom stereocenters. The number of aryl methyl sites for hydroxylation is 1. The normalized spacial score (nSPS) is 18.4. The number of aliphatic imine (C=N–C) groups is 1. The van der Waals surface area contributed by atoms with Crippen LogP contribution in [0.4, 0.5) is 5.69 Å². The van der Waals surface area contributed by atoms with Crippen molar-refractivity contribution in [1.29, 1.82) is 0 Å². The SMILES string of the molecule is C=CCSC(=S)N1CC(CC)(CC)CSC1=Nc1ccc(CC)cc1. The van der Waals surface area contributed by atoms with E-state index >= 15 is 0 Å². The molecule has 25 heavy (non-hydrogen) atoms. The Bertz CT molecular complexity index is 618. The van der Waals surface area contributed by atoms with E-state index in [4.69, 9.17) is 17.2 Å². The predicted octanol–water partition coefficient (Wildman–Crippen LogP) is 6.30. The molecule has 1 aromatic carbocycles. The van der Waals surface area contributed by atoms with Crippen LogP contribution in [0.2, 0.25) is 0 Å². The molecule has 2 rings (SSSR count). The van der Waals surface area contributed by atoms with Gasteiger partial charge in [-0.2, -0.15) is 0 Å². The number of hydrogen-bond donors (Lipinski definition) is 0. The highest BCUT2D eigenvalue weighted by Gasteiger charge is 2.37. The zero-order chi connectivity index (χ0) is 18.3. The van der Waals surface area contributed by atoms with Crippen LogP contribution in [-0.4, -0.2) is 32.4 Å². The Morgan fingerprint density at radius 3 is 2.56 bits per heavy atom. The maximum atomic E-state index is 5.72. The lowest BCUT2D eigenvalue weighted by molar-refractivity contribution is 0.260. The third kappa shape index (κ3) is 5.35. The quantitative estimate of drug-likeness (QED) is 0.417. The van der Waals surface area contributed by atoms with Crippen molar-refractivity contribution >= 4 is 50.9 Å². The van der Waals surface area contributed by atoms with Gasteiger partial charge in [-0.1, -0.05) is 74.7 Å². The molecule has 0 amide bonds. The number of benzene rings is 1. The molecule has 0 bridgehead atoms. The third-order valence-electron chi connectivity index (χ3n) is 4.85. The fraction of sp³-hybridized carbons (Fsp3) is 0.500. The molecule has 1 heterocycles. The molecule has 5 heteroatoms. The summed E-state index contributed by atoms with van der Waals surface area (Å²) in [6.45, 7) is 11.5. The Balaban J connectivity index is 2.27. The summed E-state index contributed by atoms with van der Waals surface area (Å²) in [4.78, 5) is 7.17. The summed E-state index contributed by atoms with van der Waals surface area (Å²) in [7, 11) is 0. The van der Waals surface area contributed by atoms with Gasteiger partial charge < -0.3 is 4.90 Å². The van der Waals surface area contributed by atoms with Gasteiger partial charge in [-0.05, 0) is 42.4 Å². The largest absolute Gasteiger partial charge is 0.306 e. The smallest absolute Gasteiger partial charge is 0.169 e. The summed E-state index contributed by atoms with van der Waals surface area (Å²) in [6, 6.07) is 8.52. The van der Waals surface area contributed by atoms with Gasteiger partial charge in [0.25, 0.3) is 0 Å². The molecular weight excluding hydrogens is 364 g/mol. The van der Waals surface area contributed by atoms with Gasteiger partial charge >= 0.3 is 0 Å². The molecule has 0 spiro atoms. The fourth-order valence-electron chi connectivity index (χ4n) is 2.78. The van der Waals surface area contributed by atoms with Crippen molar-refractivity contribution < 1.29 is 0 Å². The third-order valence-corrected chi connectivity index (χ3v) is 7.62. The van der Waals surface area contributed by atoms with Crippen LogP contribution in [0.15, 0.2) is 41.9 Å². The predicted molar refractivity (Wildman–Crippen MR) is 120 cm³/mol. The lowest BCUT2D eigenvalue weighted by atomic mass is 9.84. The minimum Gasteiger partial charge on any atom is -0.306 e. The van der Waals surface area contributed by atoms with Crippen LogP contribution in [0.3, 0.4) is 0 Å². The molecule has 1 aromatic rings. The Hall–Kier alpha value is -0.780.